The molecular formula is C16H21N3S. The summed E-state index contributed by atoms with van der Waals surface area (Å²) in [5.41, 5.74) is 2.55. The zero-order valence-corrected chi connectivity index (χ0v) is 12.7. The smallest absolute Gasteiger partial charge is 0.0975 e. The van der Waals surface area contributed by atoms with Crippen molar-refractivity contribution in [3.63, 3.8) is 0 Å². The third kappa shape index (κ3) is 3.45. The Balaban J connectivity index is 1.67. The lowest BCUT2D eigenvalue weighted by Gasteiger charge is -2.26. The van der Waals surface area contributed by atoms with Crippen LogP contribution in [0.25, 0.3) is 0 Å². The van der Waals surface area contributed by atoms with Crippen LogP contribution in [0.15, 0.2) is 30.3 Å². The Hall–Kier alpha value is -1.23. The third-order valence-electron chi connectivity index (χ3n) is 3.71. The minimum absolute atomic E-state index is 0.952. The summed E-state index contributed by atoms with van der Waals surface area (Å²) in [6, 6.07) is 10.6. The Labute approximate surface area is 124 Å². The fraction of sp³-hybridized carbons (Fsp3) is 0.438. The SMILES string of the molecule is Cc1nc(Cc2ccccc2)sc1CN1CCNCC1. The molecule has 3 rings (SSSR count). The van der Waals surface area contributed by atoms with Gasteiger partial charge in [0.15, 0.2) is 0 Å². The van der Waals surface area contributed by atoms with E-state index in [1.54, 1.807) is 0 Å². The van der Waals surface area contributed by atoms with E-state index >= 15 is 0 Å². The lowest BCUT2D eigenvalue weighted by atomic mass is 10.2. The van der Waals surface area contributed by atoms with Crippen molar-refractivity contribution >= 4 is 11.3 Å². The molecule has 1 N–H and O–H groups in total. The van der Waals surface area contributed by atoms with Crippen molar-refractivity contribution in [2.45, 2.75) is 19.9 Å². The number of rotatable bonds is 4. The van der Waals surface area contributed by atoms with Gasteiger partial charge in [0.25, 0.3) is 0 Å². The van der Waals surface area contributed by atoms with Crippen molar-refractivity contribution in [2.24, 2.45) is 0 Å². The van der Waals surface area contributed by atoms with Crippen LogP contribution < -0.4 is 5.32 Å². The van der Waals surface area contributed by atoms with Gasteiger partial charge in [-0.1, -0.05) is 30.3 Å². The quantitative estimate of drug-likeness (QED) is 0.936. The van der Waals surface area contributed by atoms with E-state index < -0.39 is 0 Å². The normalized spacial score (nSPS) is 16.4. The highest BCUT2D eigenvalue weighted by Crippen LogP contribution is 2.22. The summed E-state index contributed by atoms with van der Waals surface area (Å²) in [5, 5.41) is 4.63. The molecule has 0 aliphatic carbocycles. The monoisotopic (exact) mass is 287 g/mol. The number of aromatic nitrogens is 1. The summed E-state index contributed by atoms with van der Waals surface area (Å²) in [4.78, 5) is 8.69. The van der Waals surface area contributed by atoms with Gasteiger partial charge in [-0.05, 0) is 12.5 Å². The van der Waals surface area contributed by atoms with Gasteiger partial charge < -0.3 is 5.32 Å². The molecule has 1 aromatic heterocycles. The van der Waals surface area contributed by atoms with Gasteiger partial charge in [-0.3, -0.25) is 4.90 Å². The van der Waals surface area contributed by atoms with Crippen LogP contribution in [0.3, 0.4) is 0 Å². The number of aryl methyl sites for hydroxylation is 1. The number of nitrogens with zero attached hydrogens (tertiary/aromatic N) is 2. The Kier molecular flexibility index (Phi) is 4.45. The van der Waals surface area contributed by atoms with E-state index in [1.807, 2.05) is 11.3 Å². The number of thiazole rings is 1. The second kappa shape index (κ2) is 6.48. The zero-order chi connectivity index (χ0) is 13.8. The Morgan fingerprint density at radius 1 is 1.20 bits per heavy atom. The average Bonchev–Trinajstić information content (AvgIpc) is 2.81. The number of nitrogens with one attached hydrogen (secondary N) is 1. The minimum atomic E-state index is 0.952. The van der Waals surface area contributed by atoms with Crippen LogP contribution in [0.2, 0.25) is 0 Å². The van der Waals surface area contributed by atoms with Crippen LogP contribution in [0, 0.1) is 6.92 Å². The summed E-state index contributed by atoms with van der Waals surface area (Å²) in [7, 11) is 0. The fourth-order valence-electron chi connectivity index (χ4n) is 2.55. The maximum absolute atomic E-state index is 4.75. The van der Waals surface area contributed by atoms with Crippen LogP contribution in [-0.4, -0.2) is 36.1 Å². The molecule has 2 aromatic rings. The van der Waals surface area contributed by atoms with Gasteiger partial charge in [0.05, 0.1) is 10.7 Å². The number of benzene rings is 1. The first kappa shape index (κ1) is 13.7. The highest BCUT2D eigenvalue weighted by atomic mass is 32.1. The zero-order valence-electron chi connectivity index (χ0n) is 11.9. The highest BCUT2D eigenvalue weighted by molar-refractivity contribution is 7.11. The molecule has 4 heteroatoms. The van der Waals surface area contributed by atoms with E-state index in [0.717, 1.165) is 39.1 Å². The average molecular weight is 287 g/mol. The fourth-order valence-corrected chi connectivity index (χ4v) is 3.70. The predicted octanol–water partition coefficient (Wildman–Crippen LogP) is 2.45. The van der Waals surface area contributed by atoms with Crippen molar-refractivity contribution in [1.29, 1.82) is 0 Å². The third-order valence-corrected chi connectivity index (χ3v) is 4.85. The van der Waals surface area contributed by atoms with Crippen molar-refractivity contribution < 1.29 is 0 Å². The Morgan fingerprint density at radius 3 is 2.70 bits per heavy atom. The largest absolute Gasteiger partial charge is 0.314 e. The van der Waals surface area contributed by atoms with Crippen LogP contribution in [0.4, 0.5) is 0 Å². The van der Waals surface area contributed by atoms with Crippen LogP contribution in [0.1, 0.15) is 21.1 Å². The summed E-state index contributed by atoms with van der Waals surface area (Å²) in [5.74, 6) is 0. The van der Waals surface area contributed by atoms with Gasteiger partial charge in [-0.15, -0.1) is 11.3 Å². The summed E-state index contributed by atoms with van der Waals surface area (Å²) in [6.45, 7) is 7.70. The molecule has 0 saturated carbocycles. The van der Waals surface area contributed by atoms with Gasteiger partial charge in [-0.25, -0.2) is 4.98 Å². The van der Waals surface area contributed by atoms with Gasteiger partial charge in [-0.2, -0.15) is 0 Å². The Morgan fingerprint density at radius 2 is 1.95 bits per heavy atom. The van der Waals surface area contributed by atoms with Crippen molar-refractivity contribution in [2.75, 3.05) is 26.2 Å². The molecule has 0 radical (unpaired) electrons. The number of piperazine rings is 1. The molecule has 1 fully saturated rings. The molecule has 3 nitrogen and oxygen atoms in total. The first-order valence-electron chi connectivity index (χ1n) is 7.23. The number of hydrogen-bond acceptors (Lipinski definition) is 4. The summed E-state index contributed by atoms with van der Waals surface area (Å²) < 4.78 is 0. The standard InChI is InChI=1S/C16H21N3S/c1-13-15(12-19-9-7-17-8-10-19)20-16(18-13)11-14-5-3-2-4-6-14/h2-6,17H,7-12H2,1H3. The van der Waals surface area contributed by atoms with E-state index in [2.05, 4.69) is 47.5 Å². The lowest BCUT2D eigenvalue weighted by Crippen LogP contribution is -2.42. The predicted molar refractivity (Wildman–Crippen MR) is 84.2 cm³/mol. The van der Waals surface area contributed by atoms with Gasteiger partial charge >= 0.3 is 0 Å². The molecule has 1 saturated heterocycles. The molecule has 0 atom stereocenters. The molecule has 1 aliphatic rings. The molecule has 1 aromatic carbocycles. The molecule has 0 spiro atoms. The molecule has 0 amide bonds. The molecular weight excluding hydrogens is 266 g/mol. The van der Waals surface area contributed by atoms with Crippen LogP contribution in [-0.2, 0) is 13.0 Å². The number of hydrogen-bond donors (Lipinski definition) is 1. The molecule has 0 bridgehead atoms. The summed E-state index contributed by atoms with van der Waals surface area (Å²) in [6.07, 6.45) is 0.952. The first-order chi connectivity index (χ1) is 9.81. The van der Waals surface area contributed by atoms with Crippen molar-refractivity contribution in [1.82, 2.24) is 15.2 Å². The minimum Gasteiger partial charge on any atom is -0.314 e. The summed E-state index contributed by atoms with van der Waals surface area (Å²) >= 11 is 1.87. The highest BCUT2D eigenvalue weighted by Gasteiger charge is 2.14. The van der Waals surface area contributed by atoms with E-state index in [4.69, 9.17) is 4.98 Å². The Bertz CT molecular complexity index is 544. The molecule has 1 aliphatic heterocycles. The van der Waals surface area contributed by atoms with Crippen LogP contribution >= 0.6 is 11.3 Å². The lowest BCUT2D eigenvalue weighted by molar-refractivity contribution is 0.234. The molecule has 106 valence electrons. The molecule has 2 heterocycles. The molecule has 20 heavy (non-hydrogen) atoms. The van der Waals surface area contributed by atoms with Gasteiger partial charge in [0, 0.05) is 44.0 Å². The van der Waals surface area contributed by atoms with Crippen molar-refractivity contribution in [3.8, 4) is 0 Å². The topological polar surface area (TPSA) is 28.2 Å². The second-order valence-electron chi connectivity index (χ2n) is 5.30. The van der Waals surface area contributed by atoms with E-state index in [9.17, 15) is 0 Å². The van der Waals surface area contributed by atoms with Gasteiger partial charge in [0.1, 0.15) is 0 Å². The molecule has 0 unspecified atom stereocenters. The second-order valence-corrected chi connectivity index (χ2v) is 6.47. The van der Waals surface area contributed by atoms with E-state index in [0.29, 0.717) is 0 Å². The first-order valence-corrected chi connectivity index (χ1v) is 8.05. The van der Waals surface area contributed by atoms with E-state index in [1.165, 1.54) is 21.1 Å². The van der Waals surface area contributed by atoms with E-state index in [-0.39, 0.29) is 0 Å². The van der Waals surface area contributed by atoms with Crippen molar-refractivity contribution in [3.05, 3.63) is 51.5 Å². The maximum Gasteiger partial charge on any atom is 0.0975 e. The maximum atomic E-state index is 4.75. The van der Waals surface area contributed by atoms with Gasteiger partial charge in [0.2, 0.25) is 0 Å². The van der Waals surface area contributed by atoms with Crippen LogP contribution in [0.5, 0.6) is 0 Å².